The highest BCUT2D eigenvalue weighted by molar-refractivity contribution is 7.47. The molecule has 10 heteroatoms. The van der Waals surface area contributed by atoms with Crippen molar-refractivity contribution in [1.82, 2.24) is 9.80 Å². The van der Waals surface area contributed by atoms with Crippen molar-refractivity contribution >= 4 is 7.82 Å². The average molecular weight is 660 g/mol. The molecule has 1 N–H and O–H groups in total. The van der Waals surface area contributed by atoms with E-state index in [1.807, 2.05) is 63.2 Å². The van der Waals surface area contributed by atoms with E-state index in [0.29, 0.717) is 25.5 Å². The largest absolute Gasteiger partial charge is 0.527 e. The van der Waals surface area contributed by atoms with Crippen molar-refractivity contribution in [3.8, 4) is 17.2 Å². The lowest BCUT2D eigenvalue weighted by molar-refractivity contribution is -0.00727. The summed E-state index contributed by atoms with van der Waals surface area (Å²) in [6.45, 7) is 12.8. The van der Waals surface area contributed by atoms with Gasteiger partial charge < -0.3 is 28.5 Å². The minimum absolute atomic E-state index is 0.142. The predicted octanol–water partition coefficient (Wildman–Crippen LogP) is 9.00. The molecule has 2 aromatic carbocycles. The van der Waals surface area contributed by atoms with Crippen LogP contribution in [0.2, 0.25) is 0 Å². The third kappa shape index (κ3) is 14.4. The first-order valence-electron chi connectivity index (χ1n) is 17.1. The summed E-state index contributed by atoms with van der Waals surface area (Å²) >= 11 is 0. The van der Waals surface area contributed by atoms with Crippen molar-refractivity contribution in [2.75, 3.05) is 33.0 Å². The molecule has 0 bridgehead atoms. The number of unbranched alkanes of at least 4 members (excludes halogenated alkanes) is 9. The molecule has 0 fully saturated rings. The van der Waals surface area contributed by atoms with E-state index in [1.54, 1.807) is 12.1 Å². The SMILES string of the molecule is CCCCCCCCCCCCOc1cccc(OCC(COP(=O)(O)Oc2ccc(CN3[CH]N(CC)C=C3)cc2)OCC)c1C. The van der Waals surface area contributed by atoms with Crippen molar-refractivity contribution in [2.24, 2.45) is 0 Å². The minimum Gasteiger partial charge on any atom is -0.493 e. The summed E-state index contributed by atoms with van der Waals surface area (Å²) in [5.41, 5.74) is 1.95. The second kappa shape index (κ2) is 21.2. The minimum atomic E-state index is -4.38. The summed E-state index contributed by atoms with van der Waals surface area (Å²) in [6, 6.07) is 12.8. The highest BCUT2D eigenvalue weighted by Gasteiger charge is 2.26. The van der Waals surface area contributed by atoms with Crippen LogP contribution in [0, 0.1) is 13.6 Å². The third-order valence-corrected chi connectivity index (χ3v) is 8.78. The predicted molar refractivity (Wildman–Crippen MR) is 184 cm³/mol. The molecule has 9 nitrogen and oxygen atoms in total. The third-order valence-electron chi connectivity index (χ3n) is 7.86. The van der Waals surface area contributed by atoms with Crippen LogP contribution < -0.4 is 14.0 Å². The Morgan fingerprint density at radius 3 is 2.04 bits per heavy atom. The van der Waals surface area contributed by atoms with Gasteiger partial charge in [0.2, 0.25) is 0 Å². The van der Waals surface area contributed by atoms with Crippen molar-refractivity contribution < 1.29 is 32.7 Å². The number of nitrogens with zero attached hydrogens (tertiary/aromatic N) is 2. The van der Waals surface area contributed by atoms with Crippen LogP contribution in [-0.4, -0.2) is 53.8 Å². The first-order chi connectivity index (χ1) is 22.3. The Hall–Kier alpha value is -2.71. The van der Waals surface area contributed by atoms with Crippen LogP contribution in [0.15, 0.2) is 54.9 Å². The van der Waals surface area contributed by atoms with E-state index < -0.39 is 13.9 Å². The molecule has 0 saturated carbocycles. The highest BCUT2D eigenvalue weighted by Crippen LogP contribution is 2.44. The van der Waals surface area contributed by atoms with Crippen LogP contribution in [0.25, 0.3) is 0 Å². The maximum atomic E-state index is 12.7. The molecule has 257 valence electrons. The topological polar surface area (TPSA) is 89.9 Å². The van der Waals surface area contributed by atoms with Crippen molar-refractivity contribution in [3.05, 3.63) is 72.7 Å². The van der Waals surface area contributed by atoms with E-state index in [2.05, 4.69) is 23.6 Å². The van der Waals surface area contributed by atoms with Gasteiger partial charge >= 0.3 is 7.82 Å². The van der Waals surface area contributed by atoms with Gasteiger partial charge in [0.1, 0.15) is 36.6 Å². The fourth-order valence-corrected chi connectivity index (χ4v) is 5.96. The van der Waals surface area contributed by atoms with Crippen LogP contribution in [0.4, 0.5) is 0 Å². The second-order valence-corrected chi connectivity index (χ2v) is 13.1. The molecule has 1 aliphatic heterocycles. The second-order valence-electron chi connectivity index (χ2n) is 11.7. The van der Waals surface area contributed by atoms with Gasteiger partial charge in [0.05, 0.1) is 13.2 Å². The van der Waals surface area contributed by atoms with Gasteiger partial charge in [-0.1, -0.05) is 82.9 Å². The molecule has 0 aliphatic carbocycles. The number of rotatable bonds is 25. The van der Waals surface area contributed by atoms with Crippen molar-refractivity contribution in [1.29, 1.82) is 0 Å². The summed E-state index contributed by atoms with van der Waals surface area (Å²) < 4.78 is 41.2. The van der Waals surface area contributed by atoms with Gasteiger partial charge in [-0.05, 0) is 57.0 Å². The molecule has 0 spiro atoms. The molecule has 1 heterocycles. The maximum Gasteiger partial charge on any atom is 0.527 e. The zero-order valence-corrected chi connectivity index (χ0v) is 29.3. The molecule has 2 atom stereocenters. The number of benzene rings is 2. The summed E-state index contributed by atoms with van der Waals surface area (Å²) in [7, 11) is -4.38. The number of phosphoric ester groups is 1. The lowest BCUT2D eigenvalue weighted by atomic mass is 10.1. The van der Waals surface area contributed by atoms with Crippen molar-refractivity contribution in [2.45, 2.75) is 105 Å². The van der Waals surface area contributed by atoms with Gasteiger partial charge in [0, 0.05) is 37.7 Å². The van der Waals surface area contributed by atoms with Gasteiger partial charge in [-0.3, -0.25) is 9.42 Å². The molecule has 1 aliphatic rings. The Morgan fingerprint density at radius 1 is 0.783 bits per heavy atom. The van der Waals surface area contributed by atoms with E-state index in [-0.39, 0.29) is 19.0 Å². The molecule has 0 amide bonds. The molecule has 2 unspecified atom stereocenters. The number of hydrogen-bond donors (Lipinski definition) is 1. The molecule has 0 saturated heterocycles. The fraction of sp³-hybridized carbons (Fsp3) is 0.583. The van der Waals surface area contributed by atoms with E-state index in [9.17, 15) is 9.46 Å². The number of ether oxygens (including phenoxy) is 3. The van der Waals surface area contributed by atoms with Crippen LogP contribution in [0.5, 0.6) is 17.2 Å². The van der Waals surface area contributed by atoms with E-state index in [4.69, 9.17) is 23.3 Å². The van der Waals surface area contributed by atoms with E-state index in [1.165, 1.54) is 57.8 Å². The standard InChI is InChI=1S/C36H56N2O7P/c1-5-8-9-10-11-12-13-14-15-16-26-42-35-18-17-19-36(31(35)4)43-28-34(41-7-3)29-44-46(39,40)45-33-22-20-32(21-23-33)27-38-25-24-37(6-2)30-38/h17-25,30,34H,5-16,26-29H2,1-4H3,(H,39,40). The maximum absolute atomic E-state index is 12.7. The molecule has 46 heavy (non-hydrogen) atoms. The van der Waals surface area contributed by atoms with E-state index in [0.717, 1.165) is 29.8 Å². The van der Waals surface area contributed by atoms with Gasteiger partial charge in [-0.15, -0.1) is 0 Å². The molecule has 1 radical (unpaired) electrons. The Morgan fingerprint density at radius 2 is 1.41 bits per heavy atom. The highest BCUT2D eigenvalue weighted by atomic mass is 31.2. The smallest absolute Gasteiger partial charge is 0.493 e. The average Bonchev–Trinajstić information content (AvgIpc) is 3.51. The Kier molecular flexibility index (Phi) is 17.4. The summed E-state index contributed by atoms with van der Waals surface area (Å²) in [6.07, 6.45) is 16.3. The zero-order valence-electron chi connectivity index (χ0n) is 28.4. The van der Waals surface area contributed by atoms with Crippen molar-refractivity contribution in [3.63, 3.8) is 0 Å². The summed E-state index contributed by atoms with van der Waals surface area (Å²) in [5.74, 6) is 1.73. The summed E-state index contributed by atoms with van der Waals surface area (Å²) in [4.78, 5) is 14.5. The first kappa shape index (κ1) is 37.7. The number of phosphoric acid groups is 1. The van der Waals surface area contributed by atoms with Crippen LogP contribution in [0.1, 0.15) is 96.1 Å². The van der Waals surface area contributed by atoms with Crippen LogP contribution in [-0.2, 0) is 20.4 Å². The number of hydrogen-bond acceptors (Lipinski definition) is 8. The van der Waals surface area contributed by atoms with Crippen LogP contribution >= 0.6 is 7.82 Å². The molecule has 0 aromatic heterocycles. The van der Waals surface area contributed by atoms with Gasteiger partial charge in [0.15, 0.2) is 0 Å². The molecule has 2 aromatic rings. The van der Waals surface area contributed by atoms with Crippen LogP contribution in [0.3, 0.4) is 0 Å². The quantitative estimate of drug-likeness (QED) is 0.0828. The fourth-order valence-electron chi connectivity index (χ4n) is 5.16. The summed E-state index contributed by atoms with van der Waals surface area (Å²) in [5, 5.41) is 0. The van der Waals surface area contributed by atoms with Gasteiger partial charge in [0.25, 0.3) is 0 Å². The first-order valence-corrected chi connectivity index (χ1v) is 18.6. The van der Waals surface area contributed by atoms with Gasteiger partial charge in [-0.25, -0.2) is 4.57 Å². The molecule has 3 rings (SSSR count). The zero-order chi connectivity index (χ0) is 33.0. The monoisotopic (exact) mass is 659 g/mol. The van der Waals surface area contributed by atoms with Gasteiger partial charge in [-0.2, -0.15) is 0 Å². The Balaban J connectivity index is 1.37. The Bertz CT molecular complexity index is 1190. The normalized spacial score (nSPS) is 14.8. The molecular formula is C36H56N2O7P. The lowest BCUT2D eigenvalue weighted by Gasteiger charge is -2.21. The van der Waals surface area contributed by atoms with E-state index >= 15 is 0 Å². The molecular weight excluding hydrogens is 603 g/mol. The Labute approximate surface area is 277 Å². The lowest BCUT2D eigenvalue weighted by Crippen LogP contribution is -2.27.